The van der Waals surface area contributed by atoms with Gasteiger partial charge in [0, 0.05) is 34.3 Å². The number of sulfonamides is 1. The molecule has 1 heterocycles. The molecule has 1 aliphatic heterocycles. The molecule has 1 aliphatic carbocycles. The molecule has 1 atom stereocenters. The molecule has 9 nitrogen and oxygen atoms in total. The van der Waals surface area contributed by atoms with Gasteiger partial charge in [0.05, 0.1) is 11.9 Å². The van der Waals surface area contributed by atoms with Crippen molar-refractivity contribution in [3.63, 3.8) is 0 Å². The first kappa shape index (κ1) is 28.3. The van der Waals surface area contributed by atoms with E-state index in [-0.39, 0.29) is 31.0 Å². The lowest BCUT2D eigenvalue weighted by molar-refractivity contribution is -0.140. The monoisotopic (exact) mass is 583 g/mol. The topological polar surface area (TPSA) is 105 Å². The lowest BCUT2D eigenvalue weighted by Crippen LogP contribution is -2.53. The normalized spacial score (nSPS) is 15.8. The number of carbonyl (C=O) groups excluding carboxylic acids is 2. The molecule has 206 valence electrons. The van der Waals surface area contributed by atoms with Gasteiger partial charge in [-0.1, -0.05) is 49.0 Å². The molecule has 0 bridgehead atoms. The molecule has 2 aromatic rings. The van der Waals surface area contributed by atoms with Crippen LogP contribution < -0.4 is 19.1 Å². The summed E-state index contributed by atoms with van der Waals surface area (Å²) in [6.45, 7) is 1.23. The molecule has 0 spiro atoms. The van der Waals surface area contributed by atoms with E-state index in [9.17, 15) is 18.0 Å². The standard InChI is InChI=1S/C26H31Cl2N3O6S/c1-3-22(26(33)29-17-7-4-5-8-17)30(14-19-20(27)9-6-10-21(19)28)25(32)15-31(38(2,34)35)18-11-12-23-24(13-18)37-16-36-23/h6,9-13,17,22H,3-5,7-8,14-16H2,1-2H3,(H,29,33)/t22-/m1/s1. The fraction of sp³-hybridized carbons (Fsp3) is 0.462. The Morgan fingerprint density at radius 2 is 1.74 bits per heavy atom. The second-order valence-corrected chi connectivity index (χ2v) is 12.2. The maximum absolute atomic E-state index is 13.9. The fourth-order valence-corrected chi connectivity index (χ4v) is 6.15. The number of halogens is 2. The minimum atomic E-state index is -3.89. The van der Waals surface area contributed by atoms with Crippen LogP contribution in [-0.4, -0.2) is 56.8 Å². The average Bonchev–Trinajstić information content (AvgIpc) is 3.54. The summed E-state index contributed by atoms with van der Waals surface area (Å²) in [5.74, 6) is 0.00578. The number of anilines is 1. The number of carbonyl (C=O) groups is 2. The fourth-order valence-electron chi connectivity index (χ4n) is 4.79. The van der Waals surface area contributed by atoms with Crippen LogP contribution in [0.2, 0.25) is 10.0 Å². The van der Waals surface area contributed by atoms with Gasteiger partial charge in [-0.2, -0.15) is 0 Å². The summed E-state index contributed by atoms with van der Waals surface area (Å²) in [6, 6.07) is 8.84. The van der Waals surface area contributed by atoms with Crippen molar-refractivity contribution in [1.29, 1.82) is 0 Å². The number of hydrogen-bond donors (Lipinski definition) is 1. The molecule has 4 rings (SSSR count). The summed E-state index contributed by atoms with van der Waals surface area (Å²) >= 11 is 12.8. The van der Waals surface area contributed by atoms with Crippen molar-refractivity contribution in [2.24, 2.45) is 0 Å². The van der Waals surface area contributed by atoms with Crippen molar-refractivity contribution in [2.45, 2.75) is 57.7 Å². The molecule has 1 saturated carbocycles. The van der Waals surface area contributed by atoms with Crippen LogP contribution in [0.5, 0.6) is 11.5 Å². The van der Waals surface area contributed by atoms with E-state index < -0.39 is 28.5 Å². The van der Waals surface area contributed by atoms with Gasteiger partial charge in [-0.05, 0) is 43.5 Å². The molecule has 2 aliphatic rings. The maximum Gasteiger partial charge on any atom is 0.244 e. The minimum absolute atomic E-state index is 0.0250. The zero-order valence-corrected chi connectivity index (χ0v) is 23.6. The molecule has 0 unspecified atom stereocenters. The number of nitrogens with one attached hydrogen (secondary N) is 1. The van der Waals surface area contributed by atoms with Crippen molar-refractivity contribution in [3.8, 4) is 11.5 Å². The van der Waals surface area contributed by atoms with Gasteiger partial charge in [-0.25, -0.2) is 8.42 Å². The summed E-state index contributed by atoms with van der Waals surface area (Å²) in [6.07, 6.45) is 5.19. The van der Waals surface area contributed by atoms with Gasteiger partial charge in [0.25, 0.3) is 0 Å². The van der Waals surface area contributed by atoms with E-state index in [0.29, 0.717) is 33.5 Å². The molecular weight excluding hydrogens is 553 g/mol. The second-order valence-electron chi connectivity index (χ2n) is 9.44. The van der Waals surface area contributed by atoms with E-state index in [2.05, 4.69) is 5.32 Å². The number of amides is 2. The average molecular weight is 585 g/mol. The number of ether oxygens (including phenoxy) is 2. The van der Waals surface area contributed by atoms with E-state index in [1.807, 2.05) is 0 Å². The highest BCUT2D eigenvalue weighted by Crippen LogP contribution is 2.36. The lowest BCUT2D eigenvalue weighted by atomic mass is 10.1. The minimum Gasteiger partial charge on any atom is -0.454 e. The van der Waals surface area contributed by atoms with Crippen molar-refractivity contribution >= 4 is 50.7 Å². The van der Waals surface area contributed by atoms with Crippen LogP contribution in [0.25, 0.3) is 0 Å². The van der Waals surface area contributed by atoms with Gasteiger partial charge in [0.1, 0.15) is 12.6 Å². The predicted octanol–water partition coefficient (Wildman–Crippen LogP) is 4.35. The Labute approximate surface area is 233 Å². The van der Waals surface area contributed by atoms with Crippen LogP contribution >= 0.6 is 23.2 Å². The van der Waals surface area contributed by atoms with E-state index in [1.54, 1.807) is 37.3 Å². The largest absolute Gasteiger partial charge is 0.454 e. The molecule has 0 saturated heterocycles. The van der Waals surface area contributed by atoms with Crippen LogP contribution in [0.1, 0.15) is 44.6 Å². The van der Waals surface area contributed by atoms with Crippen LogP contribution in [0.3, 0.4) is 0 Å². The van der Waals surface area contributed by atoms with E-state index in [1.165, 1.54) is 11.0 Å². The Hall–Kier alpha value is -2.69. The number of nitrogens with zero attached hydrogens (tertiary/aromatic N) is 2. The van der Waals surface area contributed by atoms with Crippen LogP contribution in [0.15, 0.2) is 36.4 Å². The Morgan fingerprint density at radius 3 is 2.37 bits per heavy atom. The zero-order valence-electron chi connectivity index (χ0n) is 21.3. The third-order valence-electron chi connectivity index (χ3n) is 6.80. The number of benzene rings is 2. The Balaban J connectivity index is 1.66. The van der Waals surface area contributed by atoms with E-state index in [0.717, 1.165) is 36.2 Å². The Bertz CT molecular complexity index is 1280. The summed E-state index contributed by atoms with van der Waals surface area (Å²) in [5, 5.41) is 3.75. The third kappa shape index (κ3) is 6.47. The van der Waals surface area contributed by atoms with Crippen LogP contribution in [0.4, 0.5) is 5.69 Å². The number of rotatable bonds is 10. The molecule has 0 aromatic heterocycles. The summed E-state index contributed by atoms with van der Waals surface area (Å²) in [7, 11) is -3.89. The molecule has 38 heavy (non-hydrogen) atoms. The SMILES string of the molecule is CC[C@H](C(=O)NC1CCCC1)N(Cc1c(Cl)cccc1Cl)C(=O)CN(c1ccc2c(c1)OCO2)S(C)(=O)=O. The molecule has 2 amide bonds. The maximum atomic E-state index is 13.9. The van der Waals surface area contributed by atoms with Gasteiger partial charge in [0.2, 0.25) is 28.6 Å². The first-order chi connectivity index (χ1) is 18.1. The highest BCUT2D eigenvalue weighted by Gasteiger charge is 2.34. The highest BCUT2D eigenvalue weighted by molar-refractivity contribution is 7.92. The van der Waals surface area contributed by atoms with Gasteiger partial charge in [-0.3, -0.25) is 13.9 Å². The van der Waals surface area contributed by atoms with Crippen LogP contribution in [0, 0.1) is 0 Å². The van der Waals surface area contributed by atoms with Crippen molar-refractivity contribution < 1.29 is 27.5 Å². The molecule has 0 radical (unpaired) electrons. The molecule has 1 fully saturated rings. The second kappa shape index (κ2) is 12.0. The van der Waals surface area contributed by atoms with Gasteiger partial charge >= 0.3 is 0 Å². The van der Waals surface area contributed by atoms with Gasteiger partial charge < -0.3 is 19.7 Å². The summed E-state index contributed by atoms with van der Waals surface area (Å²) in [5.41, 5.74) is 0.717. The molecule has 12 heteroatoms. The van der Waals surface area contributed by atoms with Gasteiger partial charge in [-0.15, -0.1) is 0 Å². The quantitative estimate of drug-likeness (QED) is 0.445. The smallest absolute Gasteiger partial charge is 0.244 e. The van der Waals surface area contributed by atoms with E-state index in [4.69, 9.17) is 32.7 Å². The van der Waals surface area contributed by atoms with Crippen molar-refractivity contribution in [3.05, 3.63) is 52.0 Å². The zero-order chi connectivity index (χ0) is 27.4. The molecular formula is C26H31Cl2N3O6S. The first-order valence-corrected chi connectivity index (χ1v) is 15.1. The Morgan fingerprint density at radius 1 is 1.08 bits per heavy atom. The molecule has 1 N–H and O–H groups in total. The van der Waals surface area contributed by atoms with E-state index >= 15 is 0 Å². The highest BCUT2D eigenvalue weighted by atomic mass is 35.5. The predicted molar refractivity (Wildman–Crippen MR) is 146 cm³/mol. The first-order valence-electron chi connectivity index (χ1n) is 12.5. The third-order valence-corrected chi connectivity index (χ3v) is 8.65. The van der Waals surface area contributed by atoms with Crippen LogP contribution in [-0.2, 0) is 26.2 Å². The van der Waals surface area contributed by atoms with Gasteiger partial charge in [0.15, 0.2) is 11.5 Å². The molecule has 2 aromatic carbocycles. The summed E-state index contributed by atoms with van der Waals surface area (Å²) < 4.78 is 37.3. The van der Waals surface area contributed by atoms with Crippen molar-refractivity contribution in [1.82, 2.24) is 10.2 Å². The number of hydrogen-bond acceptors (Lipinski definition) is 6. The summed E-state index contributed by atoms with van der Waals surface area (Å²) in [4.78, 5) is 28.6. The lowest BCUT2D eigenvalue weighted by Gasteiger charge is -2.33. The Kier molecular flexibility index (Phi) is 8.95. The van der Waals surface area contributed by atoms with Crippen molar-refractivity contribution in [2.75, 3.05) is 23.9 Å². The number of fused-ring (bicyclic) bond motifs is 1.